The molecular weight excluding hydrogens is 462 g/mol. The number of benzene rings is 2. The van der Waals surface area contributed by atoms with E-state index in [1.54, 1.807) is 22.7 Å². The largest absolute Gasteiger partial charge is 0.492 e. The summed E-state index contributed by atoms with van der Waals surface area (Å²) < 4.78 is 9.32. The molecule has 0 saturated heterocycles. The number of thiazole rings is 2. The van der Waals surface area contributed by atoms with Crippen molar-refractivity contribution in [3.8, 4) is 27.7 Å². The van der Waals surface area contributed by atoms with E-state index in [9.17, 15) is 0 Å². The fourth-order valence-electron chi connectivity index (χ4n) is 3.88. The van der Waals surface area contributed by atoms with Crippen LogP contribution in [0.15, 0.2) is 53.4 Å². The van der Waals surface area contributed by atoms with Crippen molar-refractivity contribution in [2.75, 3.05) is 27.2 Å². The number of ether oxygens (including phenoxy) is 1. The van der Waals surface area contributed by atoms with Gasteiger partial charge in [0.2, 0.25) is 0 Å². The highest BCUT2D eigenvalue weighted by Gasteiger charge is 2.21. The monoisotopic (exact) mass is 489 g/mol. The molecule has 8 heteroatoms. The van der Waals surface area contributed by atoms with E-state index in [1.165, 1.54) is 10.3 Å². The lowest BCUT2D eigenvalue weighted by Crippen LogP contribution is -2.19. The highest BCUT2D eigenvalue weighted by Crippen LogP contribution is 2.36. The normalized spacial score (nSPS) is 11.6. The van der Waals surface area contributed by atoms with Gasteiger partial charge in [-0.25, -0.2) is 15.0 Å². The van der Waals surface area contributed by atoms with Crippen molar-refractivity contribution in [3.05, 3.63) is 70.4 Å². The minimum Gasteiger partial charge on any atom is -0.492 e. The molecule has 0 N–H and O–H groups in total. The molecule has 0 saturated carbocycles. The van der Waals surface area contributed by atoms with Crippen molar-refractivity contribution < 1.29 is 4.74 Å². The molecule has 3 heterocycles. The second-order valence-corrected chi connectivity index (χ2v) is 10.3. The average Bonchev–Trinajstić information content (AvgIpc) is 3.53. The fraction of sp³-hybridized carbons (Fsp3) is 0.269. The minimum absolute atomic E-state index is 0.674. The van der Waals surface area contributed by atoms with Crippen molar-refractivity contribution in [1.29, 1.82) is 0 Å². The third-order valence-corrected chi connectivity index (χ3v) is 7.41. The standard InChI is InChI=1S/C26H27N5OS2/c1-17-15-33-26(28-17)24-25(20-7-10-22-23(13-20)34-16-27-22)31(18(2)29-24)14-19-5-8-21(9-6-19)32-12-11-30(3)4/h5-10,13,15-16H,11-12,14H2,1-4H3. The third-order valence-electron chi connectivity index (χ3n) is 5.66. The van der Waals surface area contributed by atoms with Crippen LogP contribution in [0.4, 0.5) is 0 Å². The van der Waals surface area contributed by atoms with E-state index in [1.807, 2.05) is 38.7 Å². The molecule has 0 amide bonds. The molecule has 0 bridgehead atoms. The predicted molar refractivity (Wildman–Crippen MR) is 141 cm³/mol. The average molecular weight is 490 g/mol. The van der Waals surface area contributed by atoms with Gasteiger partial charge in [0.25, 0.3) is 0 Å². The van der Waals surface area contributed by atoms with Crippen molar-refractivity contribution >= 4 is 32.9 Å². The second-order valence-electron chi connectivity index (χ2n) is 8.57. The van der Waals surface area contributed by atoms with Gasteiger partial charge in [-0.15, -0.1) is 22.7 Å². The van der Waals surface area contributed by atoms with Crippen LogP contribution in [0.2, 0.25) is 0 Å². The lowest BCUT2D eigenvalue weighted by molar-refractivity contribution is 0.261. The van der Waals surface area contributed by atoms with E-state index in [-0.39, 0.29) is 0 Å². The maximum Gasteiger partial charge on any atom is 0.144 e. The fourth-order valence-corrected chi connectivity index (χ4v) is 5.39. The molecule has 2 aromatic carbocycles. The van der Waals surface area contributed by atoms with Crippen LogP contribution in [0.1, 0.15) is 17.1 Å². The summed E-state index contributed by atoms with van der Waals surface area (Å²) in [6.45, 7) is 6.37. The van der Waals surface area contributed by atoms with Crippen molar-refractivity contribution in [2.24, 2.45) is 0 Å². The number of rotatable bonds is 8. The first-order valence-electron chi connectivity index (χ1n) is 11.2. The van der Waals surface area contributed by atoms with Gasteiger partial charge in [0.15, 0.2) is 0 Å². The summed E-state index contributed by atoms with van der Waals surface area (Å²) in [4.78, 5) is 16.3. The SMILES string of the molecule is Cc1csc(-c2nc(C)n(Cc3ccc(OCCN(C)C)cc3)c2-c2ccc3ncsc3c2)n1. The van der Waals surface area contributed by atoms with Gasteiger partial charge in [0.05, 0.1) is 21.4 Å². The molecule has 0 atom stereocenters. The van der Waals surface area contributed by atoms with E-state index in [4.69, 9.17) is 14.7 Å². The Bertz CT molecular complexity index is 1420. The molecule has 3 aromatic heterocycles. The van der Waals surface area contributed by atoms with Crippen molar-refractivity contribution in [1.82, 2.24) is 24.4 Å². The Morgan fingerprint density at radius 2 is 1.82 bits per heavy atom. The predicted octanol–water partition coefficient (Wildman–Crippen LogP) is 5.89. The summed E-state index contributed by atoms with van der Waals surface area (Å²) in [6, 6.07) is 14.8. The van der Waals surface area contributed by atoms with Gasteiger partial charge in [-0.3, -0.25) is 0 Å². The summed E-state index contributed by atoms with van der Waals surface area (Å²) >= 11 is 3.30. The Morgan fingerprint density at radius 1 is 1.00 bits per heavy atom. The molecular formula is C26H27N5OS2. The van der Waals surface area contributed by atoms with E-state index in [2.05, 4.69) is 57.1 Å². The van der Waals surface area contributed by atoms with Crippen LogP contribution in [-0.2, 0) is 6.54 Å². The Kier molecular flexibility index (Phi) is 6.45. The third kappa shape index (κ3) is 4.75. The van der Waals surface area contributed by atoms with Crippen molar-refractivity contribution in [2.45, 2.75) is 20.4 Å². The topological polar surface area (TPSA) is 56.1 Å². The summed E-state index contributed by atoms with van der Waals surface area (Å²) in [5.41, 5.74) is 8.28. The second kappa shape index (κ2) is 9.66. The van der Waals surface area contributed by atoms with Crippen LogP contribution in [-0.4, -0.2) is 51.7 Å². The van der Waals surface area contributed by atoms with Gasteiger partial charge in [-0.1, -0.05) is 18.2 Å². The van der Waals surface area contributed by atoms with Crippen LogP contribution < -0.4 is 4.74 Å². The van der Waals surface area contributed by atoms with Gasteiger partial charge >= 0.3 is 0 Å². The first-order valence-corrected chi connectivity index (χ1v) is 12.9. The van der Waals surface area contributed by atoms with E-state index >= 15 is 0 Å². The molecule has 0 radical (unpaired) electrons. The van der Waals surface area contributed by atoms with Gasteiger partial charge in [-0.2, -0.15) is 0 Å². The highest BCUT2D eigenvalue weighted by molar-refractivity contribution is 7.16. The number of aryl methyl sites for hydroxylation is 2. The molecule has 5 aromatic rings. The summed E-state index contributed by atoms with van der Waals surface area (Å²) in [5.74, 6) is 1.86. The van der Waals surface area contributed by atoms with Crippen LogP contribution >= 0.6 is 22.7 Å². The van der Waals surface area contributed by atoms with Crippen LogP contribution in [0.5, 0.6) is 5.75 Å². The molecule has 0 spiro atoms. The van der Waals surface area contributed by atoms with Crippen LogP contribution in [0.3, 0.4) is 0 Å². The molecule has 174 valence electrons. The zero-order valence-electron chi connectivity index (χ0n) is 19.8. The van der Waals surface area contributed by atoms with Gasteiger partial charge < -0.3 is 14.2 Å². The molecule has 0 aliphatic rings. The van der Waals surface area contributed by atoms with Gasteiger partial charge in [0.1, 0.15) is 28.9 Å². The number of imidazole rings is 1. The Morgan fingerprint density at radius 3 is 2.56 bits per heavy atom. The molecule has 5 rings (SSSR count). The van der Waals surface area contributed by atoms with E-state index in [0.717, 1.165) is 57.8 Å². The molecule has 34 heavy (non-hydrogen) atoms. The lowest BCUT2D eigenvalue weighted by Gasteiger charge is -2.13. The summed E-state index contributed by atoms with van der Waals surface area (Å²) in [6.07, 6.45) is 0. The van der Waals surface area contributed by atoms with Crippen LogP contribution in [0.25, 0.3) is 32.2 Å². The highest BCUT2D eigenvalue weighted by atomic mass is 32.1. The zero-order valence-corrected chi connectivity index (χ0v) is 21.4. The first-order chi connectivity index (χ1) is 16.5. The van der Waals surface area contributed by atoms with Crippen LogP contribution in [0, 0.1) is 13.8 Å². The number of hydrogen-bond acceptors (Lipinski definition) is 7. The molecule has 0 unspecified atom stereocenters. The molecule has 0 fully saturated rings. The number of likely N-dealkylation sites (N-methyl/N-ethyl adjacent to an activating group) is 1. The quantitative estimate of drug-likeness (QED) is 0.272. The van der Waals surface area contributed by atoms with Gasteiger partial charge in [-0.05, 0) is 57.8 Å². The van der Waals surface area contributed by atoms with E-state index < -0.39 is 0 Å². The maximum atomic E-state index is 5.86. The number of aromatic nitrogens is 4. The Labute approximate surface area is 207 Å². The summed E-state index contributed by atoms with van der Waals surface area (Å²) in [5, 5.41) is 3.03. The summed E-state index contributed by atoms with van der Waals surface area (Å²) in [7, 11) is 4.09. The molecule has 0 aliphatic carbocycles. The first kappa shape index (κ1) is 22.7. The maximum absolute atomic E-state index is 5.86. The Hall–Kier alpha value is -3.07. The number of fused-ring (bicyclic) bond motifs is 1. The number of hydrogen-bond donors (Lipinski definition) is 0. The molecule has 6 nitrogen and oxygen atoms in total. The minimum atomic E-state index is 0.674. The lowest BCUT2D eigenvalue weighted by atomic mass is 10.1. The zero-order chi connectivity index (χ0) is 23.7. The Balaban J connectivity index is 1.51. The molecule has 0 aliphatic heterocycles. The van der Waals surface area contributed by atoms with E-state index in [0.29, 0.717) is 6.61 Å². The van der Waals surface area contributed by atoms with Gasteiger partial charge in [0, 0.05) is 29.7 Å². The number of nitrogens with zero attached hydrogens (tertiary/aromatic N) is 5. The smallest absolute Gasteiger partial charge is 0.144 e. The van der Waals surface area contributed by atoms with Crippen molar-refractivity contribution in [3.63, 3.8) is 0 Å².